The highest BCUT2D eigenvalue weighted by molar-refractivity contribution is 7.05. The van der Waals surface area contributed by atoms with Crippen LogP contribution in [0.2, 0.25) is 0 Å². The summed E-state index contributed by atoms with van der Waals surface area (Å²) < 4.78 is 9.04. The fourth-order valence-electron chi connectivity index (χ4n) is 1.66. The monoisotopic (exact) mass is 272 g/mol. The molecule has 1 N–H and O–H groups in total. The maximum absolute atomic E-state index is 4.99. The predicted molar refractivity (Wildman–Crippen MR) is 75.1 cm³/mol. The zero-order valence-electron chi connectivity index (χ0n) is 11.8. The zero-order valence-corrected chi connectivity index (χ0v) is 12.6. The third-order valence-electron chi connectivity index (χ3n) is 2.70. The molecule has 1 aromatic heterocycles. The smallest absolute Gasteiger partial charge is 0.0826 e. The minimum atomic E-state index is 0.451. The molecule has 1 rings (SSSR count). The average molecular weight is 272 g/mol. The molecule has 0 saturated carbocycles. The van der Waals surface area contributed by atoms with Crippen LogP contribution in [0, 0.1) is 0 Å². The van der Waals surface area contributed by atoms with Crippen molar-refractivity contribution in [3.63, 3.8) is 0 Å². The van der Waals surface area contributed by atoms with E-state index in [-0.39, 0.29) is 0 Å². The van der Waals surface area contributed by atoms with Gasteiger partial charge in [-0.25, -0.2) is 0 Å². The molecule has 0 amide bonds. The normalized spacial score (nSPS) is 11.7. The van der Waals surface area contributed by atoms with Crippen LogP contribution in [0.25, 0.3) is 0 Å². The molecule has 0 radical (unpaired) electrons. The van der Waals surface area contributed by atoms with Gasteiger partial charge in [-0.1, -0.05) is 18.3 Å². The molecule has 0 bridgehead atoms. The zero-order chi connectivity index (χ0) is 13.4. The van der Waals surface area contributed by atoms with Crippen LogP contribution >= 0.6 is 11.5 Å². The summed E-state index contributed by atoms with van der Waals surface area (Å²) in [6.45, 7) is 8.90. The second kappa shape index (κ2) is 8.53. The molecule has 0 fully saturated rings. The van der Waals surface area contributed by atoms with Gasteiger partial charge in [0.1, 0.15) is 0 Å². The minimum Gasteiger partial charge on any atom is -0.383 e. The molecule has 1 heterocycles. The van der Waals surface area contributed by atoms with E-state index < -0.39 is 0 Å². The summed E-state index contributed by atoms with van der Waals surface area (Å²) in [5.41, 5.74) is 1.14. The Bertz CT molecular complexity index is 330. The number of nitrogens with one attached hydrogen (secondary N) is 1. The van der Waals surface area contributed by atoms with Crippen LogP contribution in [0.4, 0.5) is 0 Å². The molecule has 0 spiro atoms. The van der Waals surface area contributed by atoms with E-state index in [1.54, 1.807) is 7.11 Å². The molecule has 5 nitrogen and oxygen atoms in total. The summed E-state index contributed by atoms with van der Waals surface area (Å²) in [6, 6.07) is 0. The number of aromatic nitrogens is 2. The van der Waals surface area contributed by atoms with E-state index in [0.29, 0.717) is 5.92 Å². The number of hydrogen-bond acceptors (Lipinski definition) is 6. The first-order valence-electron chi connectivity index (χ1n) is 6.34. The molecule has 0 aliphatic rings. The first-order chi connectivity index (χ1) is 8.65. The lowest BCUT2D eigenvalue weighted by Crippen LogP contribution is -2.30. The maximum atomic E-state index is 4.99. The molecule has 0 saturated heterocycles. The Hall–Kier alpha value is -0.560. The van der Waals surface area contributed by atoms with E-state index in [1.165, 1.54) is 16.4 Å². The Kier molecular flexibility index (Phi) is 7.34. The molecule has 0 aromatic carbocycles. The van der Waals surface area contributed by atoms with E-state index in [0.717, 1.165) is 38.5 Å². The Balaban J connectivity index is 2.26. The Morgan fingerprint density at radius 2 is 2.17 bits per heavy atom. The maximum Gasteiger partial charge on any atom is 0.0826 e. The number of likely N-dealkylation sites (N-methyl/N-ethyl adjacent to an activating group) is 1. The van der Waals surface area contributed by atoms with E-state index in [2.05, 4.69) is 40.7 Å². The van der Waals surface area contributed by atoms with Crippen molar-refractivity contribution >= 4 is 11.5 Å². The van der Waals surface area contributed by atoms with Gasteiger partial charge in [0.05, 0.1) is 17.2 Å². The van der Waals surface area contributed by atoms with Gasteiger partial charge in [-0.3, -0.25) is 4.90 Å². The van der Waals surface area contributed by atoms with Crippen molar-refractivity contribution in [3.8, 4) is 0 Å². The van der Waals surface area contributed by atoms with Crippen LogP contribution in [-0.4, -0.2) is 54.9 Å². The third-order valence-corrected chi connectivity index (χ3v) is 3.42. The standard InChI is InChI=1S/C12H24N4OS/c1-10(2)12-11(18-15-14-12)9-16(3)7-5-13-6-8-17-4/h10,13H,5-9H2,1-4H3. The second-order valence-electron chi connectivity index (χ2n) is 4.72. The molecular formula is C12H24N4OS. The van der Waals surface area contributed by atoms with Gasteiger partial charge in [-0.05, 0) is 24.5 Å². The van der Waals surface area contributed by atoms with Gasteiger partial charge < -0.3 is 10.1 Å². The molecule has 6 heteroatoms. The van der Waals surface area contributed by atoms with Crippen LogP contribution in [0.15, 0.2) is 0 Å². The lowest BCUT2D eigenvalue weighted by Gasteiger charge is -2.16. The second-order valence-corrected chi connectivity index (χ2v) is 5.56. The van der Waals surface area contributed by atoms with Gasteiger partial charge in [-0.15, -0.1) is 5.10 Å². The van der Waals surface area contributed by atoms with E-state index in [4.69, 9.17) is 4.74 Å². The number of rotatable bonds is 9. The molecule has 0 atom stereocenters. The summed E-state index contributed by atoms with van der Waals surface area (Å²) in [6.07, 6.45) is 0. The fourth-order valence-corrected chi connectivity index (χ4v) is 2.53. The van der Waals surface area contributed by atoms with Gasteiger partial charge >= 0.3 is 0 Å². The number of methoxy groups -OCH3 is 1. The Labute approximate surface area is 114 Å². The third kappa shape index (κ3) is 5.39. The van der Waals surface area contributed by atoms with Crippen molar-refractivity contribution in [2.24, 2.45) is 0 Å². The molecule has 104 valence electrons. The summed E-state index contributed by atoms with van der Waals surface area (Å²) >= 11 is 1.51. The Morgan fingerprint density at radius 3 is 2.83 bits per heavy atom. The van der Waals surface area contributed by atoms with Crippen molar-refractivity contribution in [2.45, 2.75) is 26.3 Å². The number of hydrogen-bond donors (Lipinski definition) is 1. The quantitative estimate of drug-likeness (QED) is 0.687. The number of nitrogens with zero attached hydrogens (tertiary/aromatic N) is 3. The van der Waals surface area contributed by atoms with Gasteiger partial charge in [0.15, 0.2) is 0 Å². The molecule has 0 unspecified atom stereocenters. The van der Waals surface area contributed by atoms with Crippen molar-refractivity contribution in [3.05, 3.63) is 10.6 Å². The van der Waals surface area contributed by atoms with Gasteiger partial charge in [-0.2, -0.15) is 0 Å². The van der Waals surface area contributed by atoms with E-state index in [9.17, 15) is 0 Å². The van der Waals surface area contributed by atoms with Gasteiger partial charge in [0, 0.05) is 33.3 Å². The van der Waals surface area contributed by atoms with Crippen LogP contribution in [0.3, 0.4) is 0 Å². The highest BCUT2D eigenvalue weighted by Gasteiger charge is 2.12. The van der Waals surface area contributed by atoms with Crippen molar-refractivity contribution in [2.75, 3.05) is 40.4 Å². The topological polar surface area (TPSA) is 50.3 Å². The molecular weight excluding hydrogens is 248 g/mol. The molecule has 1 aromatic rings. The van der Waals surface area contributed by atoms with E-state index >= 15 is 0 Å². The largest absolute Gasteiger partial charge is 0.383 e. The Morgan fingerprint density at radius 1 is 1.39 bits per heavy atom. The summed E-state index contributed by atoms with van der Waals surface area (Å²) in [5, 5.41) is 7.54. The van der Waals surface area contributed by atoms with Crippen LogP contribution < -0.4 is 5.32 Å². The number of ether oxygens (including phenoxy) is 1. The SMILES string of the molecule is COCCNCCN(C)Cc1snnc1C(C)C. The van der Waals surface area contributed by atoms with Crippen molar-refractivity contribution in [1.29, 1.82) is 0 Å². The molecule has 0 aliphatic carbocycles. The molecule has 18 heavy (non-hydrogen) atoms. The van der Waals surface area contributed by atoms with Gasteiger partial charge in [0.25, 0.3) is 0 Å². The summed E-state index contributed by atoms with van der Waals surface area (Å²) in [5.74, 6) is 0.451. The van der Waals surface area contributed by atoms with Crippen molar-refractivity contribution < 1.29 is 4.74 Å². The van der Waals surface area contributed by atoms with E-state index in [1.807, 2.05) is 0 Å². The summed E-state index contributed by atoms with van der Waals surface area (Å²) in [4.78, 5) is 3.57. The lowest BCUT2D eigenvalue weighted by atomic mass is 10.1. The average Bonchev–Trinajstić information content (AvgIpc) is 2.77. The van der Waals surface area contributed by atoms with Gasteiger partial charge in [0.2, 0.25) is 0 Å². The predicted octanol–water partition coefficient (Wildman–Crippen LogP) is 1.33. The lowest BCUT2D eigenvalue weighted by molar-refractivity contribution is 0.197. The molecule has 0 aliphatic heterocycles. The van der Waals surface area contributed by atoms with Crippen LogP contribution in [0.5, 0.6) is 0 Å². The fraction of sp³-hybridized carbons (Fsp3) is 0.833. The van der Waals surface area contributed by atoms with Crippen molar-refractivity contribution in [1.82, 2.24) is 19.8 Å². The highest BCUT2D eigenvalue weighted by atomic mass is 32.1. The minimum absolute atomic E-state index is 0.451. The van der Waals surface area contributed by atoms with Crippen LogP contribution in [-0.2, 0) is 11.3 Å². The first kappa shape index (κ1) is 15.5. The highest BCUT2D eigenvalue weighted by Crippen LogP contribution is 2.20. The van der Waals surface area contributed by atoms with Crippen LogP contribution in [0.1, 0.15) is 30.3 Å². The first-order valence-corrected chi connectivity index (χ1v) is 7.11. The summed E-state index contributed by atoms with van der Waals surface area (Å²) in [7, 11) is 3.85.